The molecule has 0 spiro atoms. The molecule has 0 N–H and O–H groups in total. The molecule has 0 bridgehead atoms. The molecule has 0 saturated heterocycles. The van der Waals surface area contributed by atoms with Crippen molar-refractivity contribution in [2.24, 2.45) is 0 Å². The van der Waals surface area contributed by atoms with Gasteiger partial charge in [0.2, 0.25) is 0 Å². The minimum atomic E-state index is -0.139. The summed E-state index contributed by atoms with van der Waals surface area (Å²) in [6, 6.07) is 58.2. The fourth-order valence-electron chi connectivity index (χ4n) is 10.3. The predicted molar refractivity (Wildman–Crippen MR) is 296 cm³/mol. The number of pyridine rings is 1. The third-order valence-corrected chi connectivity index (χ3v) is 14.5. The summed E-state index contributed by atoms with van der Waals surface area (Å²) in [6.45, 7) is 28.0. The third-order valence-electron chi connectivity index (χ3n) is 14.5. The molecular weight excluding hydrogens is 855 g/mol. The van der Waals surface area contributed by atoms with E-state index in [2.05, 4.69) is 260 Å². The number of para-hydroxylation sites is 2. The maximum absolute atomic E-state index is 7.06. The lowest BCUT2D eigenvalue weighted by molar-refractivity contribution is 0.479. The molecular formula is C64H65N5O. The lowest BCUT2D eigenvalue weighted by Crippen LogP contribution is -2.24. The first-order chi connectivity index (χ1) is 33.2. The number of ether oxygens (including phenoxy) is 1. The highest BCUT2D eigenvalue weighted by Crippen LogP contribution is 2.48. The van der Waals surface area contributed by atoms with E-state index in [4.69, 9.17) is 9.72 Å². The monoisotopic (exact) mass is 920 g/mol. The van der Waals surface area contributed by atoms with E-state index in [1.165, 1.54) is 66.2 Å². The van der Waals surface area contributed by atoms with E-state index in [0.29, 0.717) is 6.67 Å². The van der Waals surface area contributed by atoms with E-state index in [-0.39, 0.29) is 21.7 Å². The highest BCUT2D eigenvalue weighted by Gasteiger charge is 2.32. The van der Waals surface area contributed by atoms with Gasteiger partial charge in [-0.1, -0.05) is 132 Å². The van der Waals surface area contributed by atoms with Crippen molar-refractivity contribution in [1.82, 2.24) is 14.1 Å². The van der Waals surface area contributed by atoms with Crippen LogP contribution in [0.25, 0.3) is 55.1 Å². The number of fused-ring (bicyclic) bond motifs is 7. The van der Waals surface area contributed by atoms with Crippen molar-refractivity contribution in [3.05, 3.63) is 186 Å². The smallest absolute Gasteiger partial charge is 0.137 e. The molecule has 0 atom stereocenters. The van der Waals surface area contributed by atoms with Crippen LogP contribution >= 0.6 is 0 Å². The van der Waals surface area contributed by atoms with Gasteiger partial charge in [0.25, 0.3) is 0 Å². The lowest BCUT2D eigenvalue weighted by Gasteiger charge is -2.26. The summed E-state index contributed by atoms with van der Waals surface area (Å²) in [5.74, 6) is 2.48. The quantitative estimate of drug-likeness (QED) is 0.167. The number of anilines is 4. The van der Waals surface area contributed by atoms with E-state index in [0.717, 1.165) is 45.4 Å². The van der Waals surface area contributed by atoms with Gasteiger partial charge in [0.15, 0.2) is 0 Å². The number of benzene rings is 7. The molecule has 10 aromatic rings. The van der Waals surface area contributed by atoms with E-state index < -0.39 is 0 Å². The number of hydrogen-bond acceptors (Lipinski definition) is 4. The molecule has 3 aromatic heterocycles. The van der Waals surface area contributed by atoms with Crippen LogP contribution in [-0.4, -0.2) is 20.8 Å². The van der Waals surface area contributed by atoms with Crippen LogP contribution in [0.4, 0.5) is 22.7 Å². The Morgan fingerprint density at radius 1 is 0.371 bits per heavy atom. The van der Waals surface area contributed by atoms with Crippen molar-refractivity contribution in [3.8, 4) is 23.0 Å². The summed E-state index contributed by atoms with van der Waals surface area (Å²) < 4.78 is 11.8. The van der Waals surface area contributed by atoms with Crippen molar-refractivity contribution in [3.63, 3.8) is 0 Å². The van der Waals surface area contributed by atoms with Crippen LogP contribution in [0.1, 0.15) is 105 Å². The Bertz CT molecular complexity index is 3600. The Morgan fingerprint density at radius 2 is 0.929 bits per heavy atom. The molecule has 0 saturated carbocycles. The molecule has 6 heteroatoms. The molecule has 1 aliphatic rings. The minimum absolute atomic E-state index is 0.00659. The maximum Gasteiger partial charge on any atom is 0.137 e. The Morgan fingerprint density at radius 3 is 1.59 bits per heavy atom. The molecule has 0 amide bonds. The zero-order chi connectivity index (χ0) is 49.1. The first kappa shape index (κ1) is 45.2. The van der Waals surface area contributed by atoms with E-state index in [1.54, 1.807) is 0 Å². The van der Waals surface area contributed by atoms with Crippen LogP contribution in [-0.2, 0) is 21.7 Å². The van der Waals surface area contributed by atoms with Crippen LogP contribution in [0.5, 0.6) is 11.5 Å². The van der Waals surface area contributed by atoms with Gasteiger partial charge in [-0.05, 0) is 141 Å². The second kappa shape index (κ2) is 16.1. The van der Waals surface area contributed by atoms with Crippen LogP contribution < -0.4 is 14.5 Å². The van der Waals surface area contributed by atoms with Crippen molar-refractivity contribution in [2.45, 2.75) is 105 Å². The molecule has 0 unspecified atom stereocenters. The molecule has 0 fully saturated rings. The molecule has 7 aromatic carbocycles. The number of rotatable bonds is 6. The number of hydrogen-bond donors (Lipinski definition) is 0. The molecule has 6 nitrogen and oxygen atoms in total. The average Bonchev–Trinajstić information content (AvgIpc) is 3.98. The standard InChI is InChI=1S/C64H65N5O/c1-61(2,3)41-21-29-56-53(35-41)52-28-27-48(39-58(52)69(56)60-37-43(31-32-65-60)63(7,8)9)70-49-34-44(64(10,11)12)33-47(38-49)67-40-66(59-36-42(62(4,5)6)22-30-57(59)67)45-23-25-46(26-24-45)68-54-19-15-13-17-50(54)51-18-14-16-20-55(51)68/h13-39H,40H2,1-12H3. The van der Waals surface area contributed by atoms with Crippen molar-refractivity contribution in [1.29, 1.82) is 0 Å². The van der Waals surface area contributed by atoms with Gasteiger partial charge in [-0.25, -0.2) is 4.98 Å². The van der Waals surface area contributed by atoms with Crippen molar-refractivity contribution >= 4 is 66.4 Å². The van der Waals surface area contributed by atoms with Gasteiger partial charge < -0.3 is 19.1 Å². The second-order valence-electron chi connectivity index (χ2n) is 23.6. The molecule has 0 radical (unpaired) electrons. The Balaban J connectivity index is 1.00. The van der Waals surface area contributed by atoms with Gasteiger partial charge in [0.1, 0.15) is 24.0 Å². The molecule has 70 heavy (non-hydrogen) atoms. The number of aromatic nitrogens is 3. The summed E-state index contributed by atoms with van der Waals surface area (Å²) in [5.41, 5.74) is 15.2. The summed E-state index contributed by atoms with van der Waals surface area (Å²) in [4.78, 5) is 9.90. The summed E-state index contributed by atoms with van der Waals surface area (Å²) in [6.07, 6.45) is 1.95. The van der Waals surface area contributed by atoms with Crippen molar-refractivity contribution in [2.75, 3.05) is 16.5 Å². The SMILES string of the molecule is CC(C)(C)c1cc(Oc2ccc3c4cc(C(C)(C)C)ccc4n(-c4cc(C(C)(C)C)ccn4)c3c2)cc(N2CN(c3ccc(-n4c5ccccc5c5ccccc54)cc3)c3cc(C(C)(C)C)ccc32)c1. The van der Waals surface area contributed by atoms with E-state index in [1.807, 2.05) is 6.20 Å². The topological polar surface area (TPSA) is 38.5 Å². The van der Waals surface area contributed by atoms with Crippen LogP contribution in [0, 0.1) is 0 Å². The van der Waals surface area contributed by atoms with Gasteiger partial charge >= 0.3 is 0 Å². The normalized spacial score (nSPS) is 13.6. The van der Waals surface area contributed by atoms with E-state index >= 15 is 0 Å². The first-order valence-corrected chi connectivity index (χ1v) is 24.9. The van der Waals surface area contributed by atoms with Crippen LogP contribution in [0.15, 0.2) is 164 Å². The zero-order valence-electron chi connectivity index (χ0n) is 42.9. The predicted octanol–water partition coefficient (Wildman–Crippen LogP) is 17.5. The lowest BCUT2D eigenvalue weighted by atomic mass is 9.86. The average molecular weight is 920 g/mol. The molecule has 11 rings (SSSR count). The third kappa shape index (κ3) is 7.88. The van der Waals surface area contributed by atoms with Gasteiger partial charge in [-0.2, -0.15) is 0 Å². The number of nitrogens with zero attached hydrogens (tertiary/aromatic N) is 5. The Kier molecular flexibility index (Phi) is 10.4. The van der Waals surface area contributed by atoms with Crippen LogP contribution in [0.2, 0.25) is 0 Å². The van der Waals surface area contributed by atoms with Gasteiger partial charge in [0.05, 0.1) is 33.4 Å². The Hall–Kier alpha value is -7.31. The summed E-state index contributed by atoms with van der Waals surface area (Å²) in [7, 11) is 0. The highest BCUT2D eigenvalue weighted by atomic mass is 16.5. The fourth-order valence-corrected chi connectivity index (χ4v) is 10.3. The minimum Gasteiger partial charge on any atom is -0.457 e. The molecule has 4 heterocycles. The van der Waals surface area contributed by atoms with Gasteiger partial charge in [-0.15, -0.1) is 0 Å². The van der Waals surface area contributed by atoms with Crippen LogP contribution in [0.3, 0.4) is 0 Å². The highest BCUT2D eigenvalue weighted by molar-refractivity contribution is 6.10. The summed E-state index contributed by atoms with van der Waals surface area (Å²) in [5, 5.41) is 4.91. The first-order valence-electron chi connectivity index (χ1n) is 24.9. The van der Waals surface area contributed by atoms with Crippen molar-refractivity contribution < 1.29 is 4.74 Å². The second-order valence-corrected chi connectivity index (χ2v) is 23.6. The molecule has 352 valence electrons. The molecule has 0 aliphatic carbocycles. The van der Waals surface area contributed by atoms with Gasteiger partial charge in [0, 0.05) is 56.9 Å². The summed E-state index contributed by atoms with van der Waals surface area (Å²) >= 11 is 0. The maximum atomic E-state index is 7.06. The largest absolute Gasteiger partial charge is 0.457 e. The molecule has 1 aliphatic heterocycles. The zero-order valence-corrected chi connectivity index (χ0v) is 42.9. The van der Waals surface area contributed by atoms with E-state index in [9.17, 15) is 0 Å². The Labute approximate surface area is 413 Å². The fraction of sp³-hybridized carbons (Fsp3) is 0.266. The van der Waals surface area contributed by atoms with Gasteiger partial charge in [-0.3, -0.25) is 4.57 Å².